The molecule has 0 N–H and O–H groups in total. The van der Waals surface area contributed by atoms with Crippen LogP contribution in [0.3, 0.4) is 0 Å². The zero-order chi connectivity index (χ0) is 16.6. The molecule has 0 aliphatic rings. The first-order valence-electron chi connectivity index (χ1n) is 7.36. The number of hydrogen-bond donors (Lipinski definition) is 0. The van der Waals surface area contributed by atoms with Crippen LogP contribution in [0.5, 0.6) is 0 Å². The highest BCUT2D eigenvalue weighted by Crippen LogP contribution is 2.28. The molecule has 4 heteroatoms. The third-order valence-electron chi connectivity index (χ3n) is 3.86. The van der Waals surface area contributed by atoms with Gasteiger partial charge in [-0.1, -0.05) is 49.7 Å². The molecule has 1 heterocycles. The summed E-state index contributed by atoms with van der Waals surface area (Å²) in [5.74, 6) is 0.468. The van der Waals surface area contributed by atoms with Crippen molar-refractivity contribution in [3.8, 4) is 11.3 Å². The van der Waals surface area contributed by atoms with E-state index in [1.165, 1.54) is 5.56 Å². The fourth-order valence-corrected chi connectivity index (χ4v) is 2.88. The summed E-state index contributed by atoms with van der Waals surface area (Å²) in [4.78, 5) is 16.4. The lowest BCUT2D eigenvalue weighted by Gasteiger charge is -2.09. The number of benzene rings is 2. The van der Waals surface area contributed by atoms with Gasteiger partial charge in [-0.25, -0.2) is 4.98 Å². The first-order chi connectivity index (χ1) is 11.0. The summed E-state index contributed by atoms with van der Waals surface area (Å²) < 4.78 is 0. The van der Waals surface area contributed by atoms with Crippen LogP contribution in [0, 0.1) is 0 Å². The van der Waals surface area contributed by atoms with Crippen molar-refractivity contribution in [1.29, 1.82) is 0 Å². The van der Waals surface area contributed by atoms with Crippen molar-refractivity contribution in [2.75, 3.05) is 0 Å². The van der Waals surface area contributed by atoms with Crippen molar-refractivity contribution < 1.29 is 4.79 Å². The molecule has 2 nitrogen and oxygen atoms in total. The molecule has 0 amide bonds. The van der Waals surface area contributed by atoms with Crippen molar-refractivity contribution in [3.05, 3.63) is 64.7 Å². The van der Waals surface area contributed by atoms with Crippen molar-refractivity contribution in [3.63, 3.8) is 0 Å². The third kappa shape index (κ3) is 3.24. The second-order valence-corrected chi connectivity index (χ2v) is 6.55. The van der Waals surface area contributed by atoms with Gasteiger partial charge in [-0.05, 0) is 47.3 Å². The Kier molecular flexibility index (Phi) is 4.38. The van der Waals surface area contributed by atoms with Crippen LogP contribution in [0.4, 0.5) is 0 Å². The van der Waals surface area contributed by atoms with E-state index in [0.29, 0.717) is 27.4 Å². The summed E-state index contributed by atoms with van der Waals surface area (Å²) in [6.45, 7) is 4.30. The minimum absolute atomic E-state index is 0.419. The molecule has 0 spiro atoms. The van der Waals surface area contributed by atoms with E-state index in [-0.39, 0.29) is 0 Å². The molecule has 0 aliphatic heterocycles. The maximum absolute atomic E-state index is 11.8. The van der Waals surface area contributed by atoms with Crippen LogP contribution in [0.2, 0.25) is 5.02 Å². The molecule has 0 radical (unpaired) electrons. The van der Waals surface area contributed by atoms with Crippen LogP contribution in [-0.2, 0) is 0 Å². The molecule has 1 aromatic heterocycles. The standard InChI is InChI=1S/C19H15Cl2NO/c1-11(2)12-3-5-13(6-4-12)18-10-16(19(21)23)15-9-14(20)7-8-17(15)22-18/h3-11H,1-2H3. The van der Waals surface area contributed by atoms with E-state index in [1.54, 1.807) is 24.3 Å². The number of hydrogen-bond acceptors (Lipinski definition) is 2. The molecule has 3 rings (SSSR count). The Morgan fingerprint density at radius 3 is 2.35 bits per heavy atom. The predicted molar refractivity (Wildman–Crippen MR) is 96.5 cm³/mol. The Morgan fingerprint density at radius 2 is 1.74 bits per heavy atom. The summed E-state index contributed by atoms with van der Waals surface area (Å²) in [6.07, 6.45) is 0. The minimum Gasteiger partial charge on any atom is -0.276 e. The molecule has 0 aliphatic carbocycles. The number of rotatable bonds is 3. The van der Waals surface area contributed by atoms with E-state index >= 15 is 0 Å². The zero-order valence-corrected chi connectivity index (χ0v) is 14.3. The first kappa shape index (κ1) is 16.0. The fourth-order valence-electron chi connectivity index (χ4n) is 2.55. The van der Waals surface area contributed by atoms with E-state index in [2.05, 4.69) is 31.0 Å². The zero-order valence-electron chi connectivity index (χ0n) is 12.8. The molecule has 0 atom stereocenters. The SMILES string of the molecule is CC(C)c1ccc(-c2cc(C(=O)Cl)c3cc(Cl)ccc3n2)cc1. The van der Waals surface area contributed by atoms with Gasteiger partial charge in [0.2, 0.25) is 0 Å². The Hall–Kier alpha value is -1.90. The third-order valence-corrected chi connectivity index (χ3v) is 4.29. The molecule has 116 valence electrons. The highest BCUT2D eigenvalue weighted by molar-refractivity contribution is 6.68. The Morgan fingerprint density at radius 1 is 1.04 bits per heavy atom. The lowest BCUT2D eigenvalue weighted by Crippen LogP contribution is -1.96. The van der Waals surface area contributed by atoms with Gasteiger partial charge in [0.15, 0.2) is 0 Å². The van der Waals surface area contributed by atoms with Crippen LogP contribution in [0.15, 0.2) is 48.5 Å². The lowest BCUT2D eigenvalue weighted by molar-refractivity contribution is 0.108. The second kappa shape index (κ2) is 6.31. The molecule has 23 heavy (non-hydrogen) atoms. The topological polar surface area (TPSA) is 30.0 Å². The number of carbonyl (C=O) groups is 1. The number of fused-ring (bicyclic) bond motifs is 1. The summed E-state index contributed by atoms with van der Waals surface area (Å²) in [5.41, 5.74) is 4.05. The van der Waals surface area contributed by atoms with Gasteiger partial charge in [0.05, 0.1) is 11.2 Å². The van der Waals surface area contributed by atoms with E-state index in [9.17, 15) is 4.79 Å². The fraction of sp³-hybridized carbons (Fsp3) is 0.158. The molecular formula is C19H15Cl2NO. The number of nitrogens with zero attached hydrogens (tertiary/aromatic N) is 1. The summed E-state index contributed by atoms with van der Waals surface area (Å²) in [7, 11) is 0. The summed E-state index contributed by atoms with van der Waals surface area (Å²) >= 11 is 11.8. The molecule has 0 saturated carbocycles. The highest BCUT2D eigenvalue weighted by Gasteiger charge is 2.13. The van der Waals surface area contributed by atoms with Gasteiger partial charge < -0.3 is 0 Å². The number of pyridine rings is 1. The molecule has 0 bridgehead atoms. The van der Waals surface area contributed by atoms with Gasteiger partial charge in [0.1, 0.15) is 0 Å². The number of carbonyl (C=O) groups excluding carboxylic acids is 1. The van der Waals surface area contributed by atoms with Gasteiger partial charge in [-0.2, -0.15) is 0 Å². The van der Waals surface area contributed by atoms with Crippen molar-refractivity contribution in [2.45, 2.75) is 19.8 Å². The Balaban J connectivity index is 2.18. The molecule has 3 aromatic rings. The van der Waals surface area contributed by atoms with Gasteiger partial charge in [-0.3, -0.25) is 4.79 Å². The maximum atomic E-state index is 11.8. The Bertz CT molecular complexity index is 886. The van der Waals surface area contributed by atoms with Gasteiger partial charge in [-0.15, -0.1) is 0 Å². The van der Waals surface area contributed by atoms with Crippen LogP contribution < -0.4 is 0 Å². The van der Waals surface area contributed by atoms with Crippen LogP contribution >= 0.6 is 23.2 Å². The quantitative estimate of drug-likeness (QED) is 0.541. The molecular weight excluding hydrogens is 329 g/mol. The van der Waals surface area contributed by atoms with Crippen LogP contribution in [0.1, 0.15) is 35.7 Å². The predicted octanol–water partition coefficient (Wildman–Crippen LogP) is 6.06. The van der Waals surface area contributed by atoms with E-state index in [0.717, 1.165) is 11.3 Å². The van der Waals surface area contributed by atoms with Gasteiger partial charge in [0, 0.05) is 21.5 Å². The molecule has 0 unspecified atom stereocenters. The second-order valence-electron chi connectivity index (χ2n) is 5.77. The van der Waals surface area contributed by atoms with E-state index in [4.69, 9.17) is 23.2 Å². The first-order valence-corrected chi connectivity index (χ1v) is 8.12. The largest absolute Gasteiger partial charge is 0.276 e. The van der Waals surface area contributed by atoms with E-state index in [1.807, 2.05) is 12.1 Å². The smallest absolute Gasteiger partial charge is 0.253 e. The molecule has 0 saturated heterocycles. The number of halogens is 2. The normalized spacial score (nSPS) is 11.2. The Labute approximate surface area is 145 Å². The molecule has 0 fully saturated rings. The molecule has 2 aromatic carbocycles. The summed E-state index contributed by atoms with van der Waals surface area (Å²) in [6, 6.07) is 15.2. The minimum atomic E-state index is -0.514. The maximum Gasteiger partial charge on any atom is 0.253 e. The average Bonchev–Trinajstić information content (AvgIpc) is 2.53. The average molecular weight is 344 g/mol. The van der Waals surface area contributed by atoms with Crippen molar-refractivity contribution in [1.82, 2.24) is 4.98 Å². The summed E-state index contributed by atoms with van der Waals surface area (Å²) in [5, 5.41) is 0.701. The number of aromatic nitrogens is 1. The van der Waals surface area contributed by atoms with Crippen molar-refractivity contribution >= 4 is 39.3 Å². The van der Waals surface area contributed by atoms with Crippen LogP contribution in [-0.4, -0.2) is 10.2 Å². The van der Waals surface area contributed by atoms with Crippen LogP contribution in [0.25, 0.3) is 22.2 Å². The monoisotopic (exact) mass is 343 g/mol. The van der Waals surface area contributed by atoms with E-state index < -0.39 is 5.24 Å². The van der Waals surface area contributed by atoms with Crippen molar-refractivity contribution in [2.24, 2.45) is 0 Å². The lowest BCUT2D eigenvalue weighted by atomic mass is 9.99. The van der Waals surface area contributed by atoms with Gasteiger partial charge in [0.25, 0.3) is 5.24 Å². The van der Waals surface area contributed by atoms with Gasteiger partial charge >= 0.3 is 0 Å². The highest BCUT2D eigenvalue weighted by atomic mass is 35.5.